The van der Waals surface area contributed by atoms with Gasteiger partial charge in [-0.15, -0.1) is 0 Å². The minimum atomic E-state index is -4.43. The molecule has 0 aliphatic heterocycles. The Bertz CT molecular complexity index is 1500. The van der Waals surface area contributed by atoms with Crippen LogP contribution in [0.15, 0.2) is 78.9 Å². The molecule has 0 saturated heterocycles. The third kappa shape index (κ3) is 6.00. The summed E-state index contributed by atoms with van der Waals surface area (Å²) in [7, 11) is 1.78. The molecule has 4 rings (SSSR count). The van der Waals surface area contributed by atoms with E-state index in [1.807, 2.05) is 48.0 Å². The lowest BCUT2D eigenvalue weighted by atomic mass is 9.87. The Morgan fingerprint density at radius 2 is 1.60 bits per heavy atom. The first-order chi connectivity index (χ1) is 18.7. The number of benzene rings is 3. The van der Waals surface area contributed by atoms with Crippen molar-refractivity contribution in [2.45, 2.75) is 44.6 Å². The monoisotopic (exact) mass is 571 g/mol. The number of rotatable bonds is 9. The highest BCUT2D eigenvalue weighted by molar-refractivity contribution is 6.32. The van der Waals surface area contributed by atoms with Crippen LogP contribution in [0.5, 0.6) is 5.75 Å². The van der Waals surface area contributed by atoms with Crippen molar-refractivity contribution in [3.8, 4) is 17.0 Å². The molecule has 1 atom stereocenters. The van der Waals surface area contributed by atoms with E-state index in [0.717, 1.165) is 29.0 Å². The molecule has 0 amide bonds. The Morgan fingerprint density at radius 3 is 2.15 bits per heavy atom. The third-order valence-corrected chi connectivity index (χ3v) is 7.16. The van der Waals surface area contributed by atoms with Gasteiger partial charge in [-0.1, -0.05) is 60.1 Å². The average molecular weight is 572 g/mol. The molecule has 2 N–H and O–H groups in total. The molecule has 1 heterocycles. The van der Waals surface area contributed by atoms with Crippen LogP contribution in [0.25, 0.3) is 11.3 Å². The molecule has 6 nitrogen and oxygen atoms in total. The summed E-state index contributed by atoms with van der Waals surface area (Å²) in [6.07, 6.45) is -4.43. The number of halogens is 4. The Hall–Kier alpha value is -3.82. The van der Waals surface area contributed by atoms with Gasteiger partial charge in [0.2, 0.25) is 0 Å². The van der Waals surface area contributed by atoms with Crippen molar-refractivity contribution < 1.29 is 27.8 Å². The summed E-state index contributed by atoms with van der Waals surface area (Å²) in [5, 5.41) is 17.8. The zero-order chi connectivity index (χ0) is 29.3. The second-order valence-corrected chi connectivity index (χ2v) is 10.5. The van der Waals surface area contributed by atoms with Crippen molar-refractivity contribution >= 4 is 17.6 Å². The SMILES string of the molecule is CNC(C)(c1ccc(OC(C)(C)C(=O)O)c(Cl)c1)c1cc(-c2ccc(C(F)(F)F)cc2)nn1Cc1ccccc1. The van der Waals surface area contributed by atoms with Gasteiger partial charge in [0.25, 0.3) is 0 Å². The molecule has 3 aromatic carbocycles. The van der Waals surface area contributed by atoms with Gasteiger partial charge in [0.05, 0.1) is 34.1 Å². The van der Waals surface area contributed by atoms with Gasteiger partial charge < -0.3 is 15.2 Å². The van der Waals surface area contributed by atoms with E-state index in [-0.39, 0.29) is 10.8 Å². The third-order valence-electron chi connectivity index (χ3n) is 6.86. The van der Waals surface area contributed by atoms with Gasteiger partial charge in [0.15, 0.2) is 5.60 Å². The highest BCUT2D eigenvalue weighted by Crippen LogP contribution is 2.38. The van der Waals surface area contributed by atoms with Crippen LogP contribution in [0.3, 0.4) is 0 Å². The number of carboxylic acids is 1. The van der Waals surface area contributed by atoms with Crippen molar-refractivity contribution in [1.82, 2.24) is 15.1 Å². The molecule has 40 heavy (non-hydrogen) atoms. The molecule has 210 valence electrons. The molecule has 0 fully saturated rings. The maximum atomic E-state index is 13.1. The first-order valence-corrected chi connectivity index (χ1v) is 12.8. The van der Waals surface area contributed by atoms with E-state index in [1.54, 1.807) is 25.2 Å². The van der Waals surface area contributed by atoms with Crippen LogP contribution in [0.2, 0.25) is 5.02 Å². The first-order valence-electron chi connectivity index (χ1n) is 12.5. The molecule has 0 aliphatic rings. The summed E-state index contributed by atoms with van der Waals surface area (Å²) < 4.78 is 46.9. The predicted molar refractivity (Wildman–Crippen MR) is 148 cm³/mol. The molecule has 1 unspecified atom stereocenters. The van der Waals surface area contributed by atoms with Crippen LogP contribution >= 0.6 is 11.6 Å². The van der Waals surface area contributed by atoms with E-state index in [2.05, 4.69) is 5.32 Å². The molecule has 0 aliphatic carbocycles. The lowest BCUT2D eigenvalue weighted by molar-refractivity contribution is -0.152. The van der Waals surface area contributed by atoms with E-state index in [1.165, 1.54) is 26.0 Å². The molecular formula is C30H29ClF3N3O3. The largest absolute Gasteiger partial charge is 0.478 e. The maximum absolute atomic E-state index is 13.1. The fraction of sp³-hybridized carbons (Fsp3) is 0.267. The Kier molecular flexibility index (Phi) is 8.01. The molecule has 1 aromatic heterocycles. The molecule has 0 saturated carbocycles. The van der Waals surface area contributed by atoms with Crippen molar-refractivity contribution in [3.63, 3.8) is 0 Å². The summed E-state index contributed by atoms with van der Waals surface area (Å²) in [6, 6.07) is 21.5. The minimum absolute atomic E-state index is 0.222. The van der Waals surface area contributed by atoms with Crippen molar-refractivity contribution in [2.75, 3.05) is 7.05 Å². The zero-order valence-corrected chi connectivity index (χ0v) is 23.1. The maximum Gasteiger partial charge on any atom is 0.416 e. The average Bonchev–Trinajstić information content (AvgIpc) is 3.33. The Labute approximate surface area is 235 Å². The van der Waals surface area contributed by atoms with Crippen LogP contribution in [0.1, 0.15) is 43.2 Å². The standard InChI is InChI=1S/C30H29ClF3N3O3/c1-28(2,27(38)39)40-25-15-14-22(16-23(25)31)29(3,35-4)26-17-24(20-10-12-21(13-11-20)30(32,33)34)36-37(26)18-19-8-6-5-7-9-19/h5-17,35H,18H2,1-4H3,(H,38,39). The summed E-state index contributed by atoms with van der Waals surface area (Å²) in [5.74, 6) is -0.909. The number of carboxylic acid groups (broad SMARTS) is 1. The van der Waals surface area contributed by atoms with Gasteiger partial charge in [-0.3, -0.25) is 4.68 Å². The fourth-order valence-corrected chi connectivity index (χ4v) is 4.52. The van der Waals surface area contributed by atoms with E-state index in [4.69, 9.17) is 21.4 Å². The number of aromatic nitrogens is 2. The molecule has 0 radical (unpaired) electrons. The summed E-state index contributed by atoms with van der Waals surface area (Å²) in [5.41, 5.74) is 0.453. The first kappa shape index (κ1) is 29.2. The number of nitrogens with one attached hydrogen (secondary N) is 1. The highest BCUT2D eigenvalue weighted by atomic mass is 35.5. The molecule has 10 heteroatoms. The van der Waals surface area contributed by atoms with Crippen molar-refractivity contribution in [3.05, 3.63) is 106 Å². The van der Waals surface area contributed by atoms with Gasteiger partial charge in [-0.25, -0.2) is 4.79 Å². The van der Waals surface area contributed by atoms with Crippen LogP contribution in [0.4, 0.5) is 13.2 Å². The van der Waals surface area contributed by atoms with Crippen LogP contribution in [-0.2, 0) is 23.1 Å². The Balaban J connectivity index is 1.79. The van der Waals surface area contributed by atoms with Gasteiger partial charge in [0.1, 0.15) is 5.75 Å². The number of carbonyl (C=O) groups is 1. The number of aliphatic carboxylic acids is 1. The quantitative estimate of drug-likeness (QED) is 0.226. The topological polar surface area (TPSA) is 76.4 Å². The fourth-order valence-electron chi connectivity index (χ4n) is 4.30. The van der Waals surface area contributed by atoms with Gasteiger partial charge in [0, 0.05) is 5.56 Å². The predicted octanol–water partition coefficient (Wildman–Crippen LogP) is 7.00. The van der Waals surface area contributed by atoms with E-state index >= 15 is 0 Å². The molecule has 0 bridgehead atoms. The summed E-state index contributed by atoms with van der Waals surface area (Å²) in [6.45, 7) is 5.22. The van der Waals surface area contributed by atoms with Crippen LogP contribution < -0.4 is 10.1 Å². The van der Waals surface area contributed by atoms with Crippen molar-refractivity contribution in [2.24, 2.45) is 0 Å². The van der Waals surface area contributed by atoms with Crippen molar-refractivity contribution in [1.29, 1.82) is 0 Å². The van der Waals surface area contributed by atoms with Gasteiger partial charge in [-0.05, 0) is 69.3 Å². The lowest BCUT2D eigenvalue weighted by Crippen LogP contribution is -2.40. The zero-order valence-electron chi connectivity index (χ0n) is 22.4. The van der Waals surface area contributed by atoms with Gasteiger partial charge in [-0.2, -0.15) is 18.3 Å². The second-order valence-electron chi connectivity index (χ2n) is 10.1. The smallest absolute Gasteiger partial charge is 0.416 e. The number of nitrogens with zero attached hydrogens (tertiary/aromatic N) is 2. The summed E-state index contributed by atoms with van der Waals surface area (Å²) in [4.78, 5) is 11.5. The minimum Gasteiger partial charge on any atom is -0.478 e. The molecule has 0 spiro atoms. The second kappa shape index (κ2) is 11.0. The molecule has 4 aromatic rings. The van der Waals surface area contributed by atoms with Crippen LogP contribution in [-0.4, -0.2) is 33.5 Å². The number of hydrogen-bond donors (Lipinski definition) is 2. The number of ether oxygens (including phenoxy) is 1. The molecular weight excluding hydrogens is 543 g/mol. The normalized spacial score (nSPS) is 13.6. The number of alkyl halides is 3. The Morgan fingerprint density at radius 1 is 0.975 bits per heavy atom. The lowest BCUT2D eigenvalue weighted by Gasteiger charge is -2.31. The highest BCUT2D eigenvalue weighted by Gasteiger charge is 2.35. The number of hydrogen-bond acceptors (Lipinski definition) is 4. The summed E-state index contributed by atoms with van der Waals surface area (Å²) >= 11 is 6.55. The van der Waals surface area contributed by atoms with E-state index in [0.29, 0.717) is 17.8 Å². The van der Waals surface area contributed by atoms with Crippen LogP contribution in [0, 0.1) is 0 Å². The van der Waals surface area contributed by atoms with Gasteiger partial charge >= 0.3 is 12.1 Å². The van der Waals surface area contributed by atoms with E-state index < -0.39 is 28.8 Å². The van der Waals surface area contributed by atoms with E-state index in [9.17, 15) is 23.1 Å².